The molecule has 0 fully saturated rings. The zero-order chi connectivity index (χ0) is 33.4. The molecule has 0 saturated carbocycles. The molecule has 0 atom stereocenters. The number of benzene rings is 1. The first-order valence-electron chi connectivity index (χ1n) is 14.0. The Bertz CT molecular complexity index is 1710. The van der Waals surface area contributed by atoms with Crippen molar-refractivity contribution in [3.05, 3.63) is 65.9 Å². The van der Waals surface area contributed by atoms with E-state index in [1.165, 1.54) is 32.3 Å². The Labute approximate surface area is 274 Å². The van der Waals surface area contributed by atoms with Crippen molar-refractivity contribution in [3.8, 4) is 0 Å². The van der Waals surface area contributed by atoms with E-state index in [0.29, 0.717) is 30.4 Å². The summed E-state index contributed by atoms with van der Waals surface area (Å²) in [5, 5.41) is 10.5. The monoisotopic (exact) mass is 672 g/mol. The molecule has 0 spiro atoms. The highest BCUT2D eigenvalue weighted by molar-refractivity contribution is 6.18. The van der Waals surface area contributed by atoms with Crippen molar-refractivity contribution >= 4 is 70.0 Å². The van der Waals surface area contributed by atoms with E-state index >= 15 is 0 Å². The number of carbonyl (C=O) groups excluding carboxylic acids is 4. The largest absolute Gasteiger partial charge is 0.369 e. The lowest BCUT2D eigenvalue weighted by atomic mass is 10.2. The lowest BCUT2D eigenvalue weighted by Crippen LogP contribution is -2.30. The third kappa shape index (κ3) is 8.21. The summed E-state index contributed by atoms with van der Waals surface area (Å²) in [5.41, 5.74) is 6.70. The molecule has 4 aromatic rings. The molecule has 1 aromatic carbocycles. The predicted molar refractivity (Wildman–Crippen MR) is 175 cm³/mol. The molecule has 244 valence electrons. The van der Waals surface area contributed by atoms with E-state index < -0.39 is 23.6 Å². The number of nitrogens with two attached hydrogens (primary N) is 1. The van der Waals surface area contributed by atoms with Crippen LogP contribution in [0.3, 0.4) is 0 Å². The molecule has 0 radical (unpaired) electrons. The summed E-state index contributed by atoms with van der Waals surface area (Å²) in [6.07, 6.45) is 4.43. The summed E-state index contributed by atoms with van der Waals surface area (Å²) in [5.74, 6) is -0.740. The number of aryl methyl sites for hydroxylation is 3. The molecule has 0 aliphatic heterocycles. The molecule has 18 heteroatoms. The molecule has 0 aliphatic rings. The number of alkyl halides is 2. The van der Waals surface area contributed by atoms with Crippen molar-refractivity contribution in [2.75, 3.05) is 58.8 Å². The smallest absolute Gasteiger partial charge is 0.292 e. The number of aromatic nitrogens is 6. The molecule has 3 aromatic heterocycles. The van der Waals surface area contributed by atoms with Crippen LogP contribution in [-0.4, -0.2) is 90.2 Å². The van der Waals surface area contributed by atoms with Crippen molar-refractivity contribution in [2.24, 2.45) is 26.9 Å². The zero-order valence-corrected chi connectivity index (χ0v) is 26.9. The second kappa shape index (κ2) is 15.4. The maximum absolute atomic E-state index is 13.0. The van der Waals surface area contributed by atoms with E-state index in [0.717, 1.165) is 5.69 Å². The van der Waals surface area contributed by atoms with Gasteiger partial charge in [-0.3, -0.25) is 19.2 Å². The predicted octanol–water partition coefficient (Wildman–Crippen LogP) is 1.62. The Hall–Kier alpha value is -4.93. The molecule has 3 heterocycles. The second-order valence-corrected chi connectivity index (χ2v) is 10.8. The van der Waals surface area contributed by atoms with Crippen LogP contribution in [0, 0.1) is 0 Å². The number of amides is 4. The summed E-state index contributed by atoms with van der Waals surface area (Å²) in [7, 11) is 4.79. The summed E-state index contributed by atoms with van der Waals surface area (Å²) in [6.45, 7) is 1.80. The van der Waals surface area contributed by atoms with Crippen LogP contribution in [-0.2, 0) is 21.1 Å². The Balaban J connectivity index is 1.38. The van der Waals surface area contributed by atoms with Crippen molar-refractivity contribution in [3.63, 3.8) is 0 Å². The fourth-order valence-electron chi connectivity index (χ4n) is 4.41. The van der Waals surface area contributed by atoms with Gasteiger partial charge in [0.25, 0.3) is 23.6 Å². The number of hydrogen-bond acceptors (Lipinski definition) is 9. The van der Waals surface area contributed by atoms with E-state index in [1.807, 2.05) is 17.0 Å². The summed E-state index contributed by atoms with van der Waals surface area (Å²) < 4.78 is 4.33. The van der Waals surface area contributed by atoms with Crippen LogP contribution < -0.4 is 31.9 Å². The average Bonchev–Trinajstić information content (AvgIpc) is 3.70. The van der Waals surface area contributed by atoms with Gasteiger partial charge in [0.15, 0.2) is 17.5 Å². The first kappa shape index (κ1) is 34.0. The van der Waals surface area contributed by atoms with E-state index in [1.54, 1.807) is 33.3 Å². The third-order valence-corrected chi connectivity index (χ3v) is 6.93. The van der Waals surface area contributed by atoms with Crippen LogP contribution in [0.5, 0.6) is 0 Å². The summed E-state index contributed by atoms with van der Waals surface area (Å²) in [4.78, 5) is 65.7. The Morgan fingerprint density at radius 3 is 1.52 bits per heavy atom. The highest BCUT2D eigenvalue weighted by atomic mass is 35.5. The van der Waals surface area contributed by atoms with E-state index in [2.05, 4.69) is 36.2 Å². The van der Waals surface area contributed by atoms with Gasteiger partial charge in [-0.05, 0) is 24.3 Å². The Kier molecular flexibility index (Phi) is 11.3. The van der Waals surface area contributed by atoms with Gasteiger partial charge in [0.2, 0.25) is 17.5 Å². The minimum atomic E-state index is -0.617. The number of halogens is 2. The van der Waals surface area contributed by atoms with Gasteiger partial charge in [-0.15, -0.1) is 23.2 Å². The van der Waals surface area contributed by atoms with Gasteiger partial charge in [0.1, 0.15) is 0 Å². The minimum absolute atomic E-state index is 0.00554. The molecule has 16 nitrogen and oxygen atoms in total. The molecule has 0 bridgehead atoms. The van der Waals surface area contributed by atoms with Gasteiger partial charge in [0, 0.05) is 88.9 Å². The van der Waals surface area contributed by atoms with E-state index in [-0.39, 0.29) is 48.0 Å². The van der Waals surface area contributed by atoms with E-state index in [4.69, 9.17) is 28.9 Å². The van der Waals surface area contributed by atoms with Gasteiger partial charge in [-0.1, -0.05) is 0 Å². The van der Waals surface area contributed by atoms with Crippen LogP contribution in [0.4, 0.5) is 23.1 Å². The molecular formula is C28H34Cl2N12O4. The van der Waals surface area contributed by atoms with Crippen molar-refractivity contribution in [1.82, 2.24) is 34.0 Å². The molecule has 0 saturated heterocycles. The SMILES string of the molecule is Cn1cc(NC(=O)c2nc(NC(=O)c3nc(NC(=O)c4ccc(N(CCCl)CCCl)cc4)cn3C)cn2C)nc1C(=O)NCCN. The number of carbonyl (C=O) groups is 4. The third-order valence-electron chi connectivity index (χ3n) is 6.60. The normalized spacial score (nSPS) is 10.8. The number of rotatable bonds is 14. The maximum atomic E-state index is 13.0. The van der Waals surface area contributed by atoms with Gasteiger partial charge in [0.05, 0.1) is 0 Å². The molecule has 4 amide bonds. The molecule has 46 heavy (non-hydrogen) atoms. The van der Waals surface area contributed by atoms with Crippen molar-refractivity contribution in [2.45, 2.75) is 0 Å². The average molecular weight is 674 g/mol. The van der Waals surface area contributed by atoms with E-state index in [9.17, 15) is 19.2 Å². The molecule has 0 aliphatic carbocycles. The van der Waals surface area contributed by atoms with Crippen LogP contribution in [0.15, 0.2) is 42.9 Å². The maximum Gasteiger partial charge on any atom is 0.292 e. The highest BCUT2D eigenvalue weighted by Crippen LogP contribution is 2.18. The quantitative estimate of drug-likeness (QED) is 0.123. The molecular weight excluding hydrogens is 639 g/mol. The van der Waals surface area contributed by atoms with Gasteiger partial charge in [-0.2, -0.15) is 0 Å². The van der Waals surface area contributed by atoms with Crippen LogP contribution in [0.2, 0.25) is 0 Å². The Morgan fingerprint density at radius 1 is 0.696 bits per heavy atom. The first-order chi connectivity index (χ1) is 22.0. The topological polar surface area (TPSA) is 199 Å². The molecule has 4 rings (SSSR count). The zero-order valence-electron chi connectivity index (χ0n) is 25.4. The number of nitrogens with one attached hydrogen (secondary N) is 4. The molecule has 0 unspecified atom stereocenters. The van der Waals surface area contributed by atoms with Gasteiger partial charge in [-0.25, -0.2) is 15.0 Å². The van der Waals surface area contributed by atoms with Crippen molar-refractivity contribution in [1.29, 1.82) is 0 Å². The number of anilines is 4. The number of imidazole rings is 3. The number of hydrogen-bond donors (Lipinski definition) is 5. The molecule has 6 N–H and O–H groups in total. The van der Waals surface area contributed by atoms with Crippen LogP contribution >= 0.6 is 23.2 Å². The Morgan fingerprint density at radius 2 is 1.11 bits per heavy atom. The van der Waals surface area contributed by atoms with Crippen LogP contribution in [0.1, 0.15) is 42.2 Å². The van der Waals surface area contributed by atoms with Crippen molar-refractivity contribution < 1.29 is 19.2 Å². The fourth-order valence-corrected chi connectivity index (χ4v) is 4.82. The summed E-state index contributed by atoms with van der Waals surface area (Å²) >= 11 is 11.8. The van der Waals surface area contributed by atoms with Gasteiger partial charge < -0.3 is 45.6 Å². The lowest BCUT2D eigenvalue weighted by Gasteiger charge is -2.22. The number of nitrogens with zero attached hydrogens (tertiary/aromatic N) is 7. The summed E-state index contributed by atoms with van der Waals surface area (Å²) in [6, 6.07) is 6.98. The first-order valence-corrected chi connectivity index (χ1v) is 15.1. The second-order valence-electron chi connectivity index (χ2n) is 10.0. The lowest BCUT2D eigenvalue weighted by molar-refractivity contribution is 0.0939. The highest BCUT2D eigenvalue weighted by Gasteiger charge is 2.21. The minimum Gasteiger partial charge on any atom is -0.369 e. The van der Waals surface area contributed by atoms with Gasteiger partial charge >= 0.3 is 0 Å². The fraction of sp³-hybridized carbons (Fsp3) is 0.321. The standard InChI is InChI=1S/C28H34Cl2N12O4/c1-39-15-20(33-22(39)26(44)32-11-10-31)37-28(46)24-35-21(16-41(24)3)38-27(45)23-34-19(14-40(23)2)36-25(43)17-4-6-18(7-5-17)42(12-8-29)13-9-30/h4-7,14-16H,8-13,31H2,1-3H3,(H,32,44)(H,36,43)(H,37,46)(H,38,45). The van der Waals surface area contributed by atoms with Crippen LogP contribution in [0.25, 0.3) is 0 Å².